The summed E-state index contributed by atoms with van der Waals surface area (Å²) in [4.78, 5) is 0. The van der Waals surface area contributed by atoms with Crippen molar-refractivity contribution in [2.24, 2.45) is 0 Å². The lowest BCUT2D eigenvalue weighted by molar-refractivity contribution is 0.0657. The van der Waals surface area contributed by atoms with E-state index in [1.54, 1.807) is 12.1 Å². The van der Waals surface area contributed by atoms with Crippen molar-refractivity contribution in [3.63, 3.8) is 0 Å². The topological polar surface area (TPSA) is 49.7 Å². The lowest BCUT2D eigenvalue weighted by Gasteiger charge is -2.29. The first-order valence-corrected chi connectivity index (χ1v) is 5.96. The van der Waals surface area contributed by atoms with Crippen molar-refractivity contribution in [1.29, 1.82) is 0 Å². The van der Waals surface area contributed by atoms with Gasteiger partial charge in [0.1, 0.15) is 17.6 Å². The zero-order valence-corrected chi connectivity index (χ0v) is 9.78. The quantitative estimate of drug-likeness (QED) is 0.808. The first-order valence-electron chi connectivity index (χ1n) is 5.96. The molecule has 18 heavy (non-hydrogen) atoms. The number of rotatable bonds is 1. The Labute approximate surface area is 105 Å². The van der Waals surface area contributed by atoms with Crippen molar-refractivity contribution in [2.75, 3.05) is 0 Å². The molecule has 2 atom stereocenters. The van der Waals surface area contributed by atoms with Crippen LogP contribution in [0.2, 0.25) is 0 Å². The Morgan fingerprint density at radius 3 is 2.50 bits per heavy atom. The maximum Gasteiger partial charge on any atom is 0.127 e. The van der Waals surface area contributed by atoms with Crippen LogP contribution in [0.15, 0.2) is 48.5 Å². The molecular weight excluding hydrogens is 228 g/mol. The molecule has 1 aliphatic rings. The largest absolute Gasteiger partial charge is 0.508 e. The van der Waals surface area contributed by atoms with Gasteiger partial charge in [0.05, 0.1) is 6.10 Å². The molecule has 0 radical (unpaired) electrons. The third kappa shape index (κ3) is 1.93. The van der Waals surface area contributed by atoms with Crippen LogP contribution in [0.1, 0.15) is 29.8 Å². The van der Waals surface area contributed by atoms with E-state index in [1.165, 1.54) is 0 Å². The van der Waals surface area contributed by atoms with Crippen LogP contribution in [0.5, 0.6) is 11.5 Å². The summed E-state index contributed by atoms with van der Waals surface area (Å²) < 4.78 is 5.89. The second-order valence-electron chi connectivity index (χ2n) is 4.49. The number of hydrogen-bond acceptors (Lipinski definition) is 3. The Morgan fingerprint density at radius 1 is 1.00 bits per heavy atom. The number of para-hydroxylation sites is 1. The summed E-state index contributed by atoms with van der Waals surface area (Å²) >= 11 is 0. The molecule has 2 aromatic rings. The van der Waals surface area contributed by atoms with E-state index < -0.39 is 6.10 Å². The average molecular weight is 242 g/mol. The SMILES string of the molecule is Oc1ccc([C@@H]2C[C@@H](O)c3ccccc3O2)cc1. The van der Waals surface area contributed by atoms with Crippen LogP contribution in [0, 0.1) is 0 Å². The second kappa shape index (κ2) is 4.35. The highest BCUT2D eigenvalue weighted by molar-refractivity contribution is 5.38. The molecule has 0 saturated carbocycles. The predicted octanol–water partition coefficient (Wildman–Crippen LogP) is 2.95. The molecule has 0 saturated heterocycles. The van der Waals surface area contributed by atoms with Gasteiger partial charge in [-0.1, -0.05) is 30.3 Å². The molecule has 0 fully saturated rings. The van der Waals surface area contributed by atoms with E-state index in [1.807, 2.05) is 36.4 Å². The highest BCUT2D eigenvalue weighted by atomic mass is 16.5. The molecule has 92 valence electrons. The predicted molar refractivity (Wildman–Crippen MR) is 67.5 cm³/mol. The molecule has 1 heterocycles. The summed E-state index contributed by atoms with van der Waals surface area (Å²) in [5.74, 6) is 0.963. The van der Waals surface area contributed by atoms with Crippen molar-refractivity contribution in [2.45, 2.75) is 18.6 Å². The van der Waals surface area contributed by atoms with E-state index in [0.29, 0.717) is 6.42 Å². The van der Waals surface area contributed by atoms with Crippen LogP contribution in [0.4, 0.5) is 0 Å². The Morgan fingerprint density at radius 2 is 1.72 bits per heavy atom. The molecule has 0 aromatic heterocycles. The van der Waals surface area contributed by atoms with Crippen LogP contribution in [-0.4, -0.2) is 10.2 Å². The van der Waals surface area contributed by atoms with Crippen LogP contribution >= 0.6 is 0 Å². The fraction of sp³-hybridized carbons (Fsp3) is 0.200. The number of phenolic OH excluding ortho intramolecular Hbond substituents is 1. The molecule has 0 spiro atoms. The van der Waals surface area contributed by atoms with Crippen LogP contribution in [0.3, 0.4) is 0 Å². The maximum absolute atomic E-state index is 10.1. The van der Waals surface area contributed by atoms with Crippen LogP contribution in [0.25, 0.3) is 0 Å². The highest BCUT2D eigenvalue weighted by Crippen LogP contribution is 2.40. The minimum absolute atomic E-state index is 0.171. The molecule has 1 aliphatic heterocycles. The molecule has 2 N–H and O–H groups in total. The van der Waals surface area contributed by atoms with Gasteiger partial charge in [0, 0.05) is 12.0 Å². The summed E-state index contributed by atoms with van der Waals surface area (Å²) in [6.07, 6.45) is -0.147. The van der Waals surface area contributed by atoms with Gasteiger partial charge in [0.2, 0.25) is 0 Å². The van der Waals surface area contributed by atoms with E-state index in [2.05, 4.69) is 0 Å². The molecule has 0 aliphatic carbocycles. The van der Waals surface area contributed by atoms with Crippen LogP contribution < -0.4 is 4.74 Å². The fourth-order valence-corrected chi connectivity index (χ4v) is 2.29. The smallest absolute Gasteiger partial charge is 0.127 e. The summed E-state index contributed by atoms with van der Waals surface area (Å²) in [6.45, 7) is 0. The van der Waals surface area contributed by atoms with Gasteiger partial charge in [0.15, 0.2) is 0 Å². The maximum atomic E-state index is 10.1. The molecule has 2 aromatic carbocycles. The standard InChI is InChI=1S/C15H14O3/c16-11-7-5-10(6-8-11)15-9-13(17)12-3-1-2-4-14(12)18-15/h1-8,13,15-17H,9H2/t13-,15+/m1/s1. The molecule has 0 bridgehead atoms. The second-order valence-corrected chi connectivity index (χ2v) is 4.49. The van der Waals surface area contributed by atoms with Gasteiger partial charge in [-0.05, 0) is 23.8 Å². The van der Waals surface area contributed by atoms with Gasteiger partial charge < -0.3 is 14.9 Å². The van der Waals surface area contributed by atoms with Crippen molar-refractivity contribution >= 4 is 0 Å². The van der Waals surface area contributed by atoms with E-state index in [4.69, 9.17) is 4.74 Å². The lowest BCUT2D eigenvalue weighted by atomic mass is 9.95. The van der Waals surface area contributed by atoms with E-state index >= 15 is 0 Å². The van der Waals surface area contributed by atoms with Gasteiger partial charge in [-0.2, -0.15) is 0 Å². The van der Waals surface area contributed by atoms with Crippen LogP contribution in [-0.2, 0) is 0 Å². The molecule has 3 heteroatoms. The average Bonchev–Trinajstić information content (AvgIpc) is 2.39. The zero-order chi connectivity index (χ0) is 12.5. The number of aromatic hydroxyl groups is 1. The number of hydrogen-bond donors (Lipinski definition) is 2. The van der Waals surface area contributed by atoms with Gasteiger partial charge >= 0.3 is 0 Å². The number of benzene rings is 2. The number of ether oxygens (including phenoxy) is 1. The molecule has 3 nitrogen and oxygen atoms in total. The Kier molecular flexibility index (Phi) is 2.68. The first-order chi connectivity index (χ1) is 8.74. The third-order valence-corrected chi connectivity index (χ3v) is 3.25. The van der Waals surface area contributed by atoms with E-state index in [9.17, 15) is 10.2 Å². The molecule has 0 amide bonds. The summed E-state index contributed by atoms with van der Waals surface area (Å²) in [7, 11) is 0. The minimum Gasteiger partial charge on any atom is -0.508 e. The monoisotopic (exact) mass is 242 g/mol. The molecular formula is C15H14O3. The van der Waals surface area contributed by atoms with Crippen molar-refractivity contribution < 1.29 is 14.9 Å². The van der Waals surface area contributed by atoms with Crippen molar-refractivity contribution in [1.82, 2.24) is 0 Å². The fourth-order valence-electron chi connectivity index (χ4n) is 2.29. The normalized spacial score (nSPS) is 22.1. The third-order valence-electron chi connectivity index (χ3n) is 3.25. The number of phenols is 1. The lowest BCUT2D eigenvalue weighted by Crippen LogP contribution is -2.18. The Hall–Kier alpha value is -2.00. The van der Waals surface area contributed by atoms with Gasteiger partial charge in [0.25, 0.3) is 0 Å². The van der Waals surface area contributed by atoms with Gasteiger partial charge in [-0.3, -0.25) is 0 Å². The van der Waals surface area contributed by atoms with Crippen molar-refractivity contribution in [3.8, 4) is 11.5 Å². The van der Waals surface area contributed by atoms with Gasteiger partial charge in [-0.25, -0.2) is 0 Å². The summed E-state index contributed by atoms with van der Waals surface area (Å²) in [5, 5.41) is 19.4. The van der Waals surface area contributed by atoms with E-state index in [0.717, 1.165) is 16.9 Å². The Balaban J connectivity index is 1.92. The number of aliphatic hydroxyl groups is 1. The van der Waals surface area contributed by atoms with E-state index in [-0.39, 0.29) is 11.9 Å². The minimum atomic E-state index is -0.506. The molecule has 0 unspecified atom stereocenters. The highest BCUT2D eigenvalue weighted by Gasteiger charge is 2.27. The Bertz CT molecular complexity index is 548. The summed E-state index contributed by atoms with van der Waals surface area (Å²) in [5.41, 5.74) is 1.80. The van der Waals surface area contributed by atoms with Crippen molar-refractivity contribution in [3.05, 3.63) is 59.7 Å². The van der Waals surface area contributed by atoms with Gasteiger partial charge in [-0.15, -0.1) is 0 Å². The molecule has 3 rings (SSSR count). The first kappa shape index (κ1) is 11.1. The number of fused-ring (bicyclic) bond motifs is 1. The number of aliphatic hydroxyl groups excluding tert-OH is 1. The zero-order valence-electron chi connectivity index (χ0n) is 9.78. The summed E-state index contributed by atoms with van der Waals surface area (Å²) in [6, 6.07) is 14.4.